The van der Waals surface area contributed by atoms with E-state index < -0.39 is 73.6 Å². The molecular formula is C48H68N6O10S. The Morgan fingerprint density at radius 3 is 2.51 bits per heavy atom. The van der Waals surface area contributed by atoms with Gasteiger partial charge < -0.3 is 39.4 Å². The van der Waals surface area contributed by atoms with Crippen molar-refractivity contribution < 1.29 is 46.5 Å². The molecule has 4 amide bonds. The molecule has 356 valence electrons. The molecule has 3 N–H and O–H groups in total. The highest BCUT2D eigenvalue weighted by atomic mass is 32.2. The number of hydrogen-bond donors (Lipinski definition) is 3. The molecule has 0 radical (unpaired) electrons. The molecule has 7 atom stereocenters. The first kappa shape index (κ1) is 47.0. The van der Waals surface area contributed by atoms with Crippen LogP contribution in [-0.2, 0) is 40.3 Å². The number of likely N-dealkylation sites (tertiary alicyclic amines) is 1. The summed E-state index contributed by atoms with van der Waals surface area (Å²) in [7, 11) is -2.24. The van der Waals surface area contributed by atoms with Crippen molar-refractivity contribution >= 4 is 44.7 Å². The highest BCUT2D eigenvalue weighted by molar-refractivity contribution is 7.91. The maximum absolute atomic E-state index is 14.9. The van der Waals surface area contributed by atoms with Gasteiger partial charge in [0.05, 0.1) is 35.1 Å². The topological polar surface area (TPSA) is 195 Å². The van der Waals surface area contributed by atoms with Crippen molar-refractivity contribution in [3.63, 3.8) is 0 Å². The monoisotopic (exact) mass is 920 g/mol. The van der Waals surface area contributed by atoms with E-state index in [1.807, 2.05) is 45.0 Å². The maximum Gasteiger partial charge on any atom is 0.408 e. The molecule has 3 aliphatic heterocycles. The van der Waals surface area contributed by atoms with Gasteiger partial charge in [0.1, 0.15) is 35.6 Å². The molecule has 0 spiro atoms. The molecule has 8 rings (SSSR count). The second-order valence-corrected chi connectivity index (χ2v) is 22.8. The second-order valence-electron chi connectivity index (χ2n) is 20.6. The summed E-state index contributed by atoms with van der Waals surface area (Å²) in [6.45, 7) is 14.2. The molecule has 1 aromatic heterocycles. The zero-order valence-electron chi connectivity index (χ0n) is 38.7. The first-order chi connectivity index (χ1) is 30.9. The number of para-hydroxylation sites is 1. The number of amides is 4. The number of rotatable bonds is 12. The minimum absolute atomic E-state index is 0.0271. The van der Waals surface area contributed by atoms with E-state index in [0.717, 1.165) is 87.7 Å². The van der Waals surface area contributed by atoms with Gasteiger partial charge in [0.2, 0.25) is 27.7 Å². The van der Waals surface area contributed by atoms with Crippen molar-refractivity contribution in [1.82, 2.24) is 30.1 Å². The summed E-state index contributed by atoms with van der Waals surface area (Å²) in [5.41, 5.74) is -0.869. The fraction of sp³-hybridized carbons (Fsp3) is 0.688. The summed E-state index contributed by atoms with van der Waals surface area (Å²) in [4.78, 5) is 65.8. The predicted molar refractivity (Wildman–Crippen MR) is 244 cm³/mol. The molecule has 2 unspecified atom stereocenters. The van der Waals surface area contributed by atoms with Crippen molar-refractivity contribution in [1.29, 1.82) is 0 Å². The molecule has 65 heavy (non-hydrogen) atoms. The Morgan fingerprint density at radius 1 is 1.06 bits per heavy atom. The van der Waals surface area contributed by atoms with Crippen LogP contribution in [0.25, 0.3) is 10.9 Å². The van der Waals surface area contributed by atoms with Crippen LogP contribution in [0.15, 0.2) is 36.9 Å². The number of piperidine rings is 1. The number of carbonyl (C=O) groups is 4. The number of ether oxygens (including phenoxy) is 4. The summed E-state index contributed by atoms with van der Waals surface area (Å²) >= 11 is 0. The highest BCUT2D eigenvalue weighted by Crippen LogP contribution is 2.47. The van der Waals surface area contributed by atoms with Crippen LogP contribution in [0.3, 0.4) is 0 Å². The zero-order valence-corrected chi connectivity index (χ0v) is 39.5. The van der Waals surface area contributed by atoms with Gasteiger partial charge in [-0.25, -0.2) is 18.2 Å². The Hall–Kier alpha value is -4.48. The van der Waals surface area contributed by atoms with Crippen LogP contribution in [0.4, 0.5) is 4.79 Å². The molecular weight excluding hydrogens is 853 g/mol. The number of nitrogens with one attached hydrogen (secondary N) is 3. The number of pyridine rings is 1. The minimum Gasteiger partial charge on any atom is -0.492 e. The molecule has 2 saturated heterocycles. The lowest BCUT2D eigenvalue weighted by Gasteiger charge is -2.35. The molecule has 3 aliphatic carbocycles. The SMILES string of the molecule is C=C[C@@H]1CC1(NC(=O)[C@@H]1C[C@@H]2CN1C(=O)C(C(C)(C)C)NC(=O)O[C@@H]1C[C@H]1CCCCCc1c(nc3ccccc3c1OCCCN1CCC(OC)CC1)O2)C(=O)NS(=O)(=O)C1(C)CC1. The van der Waals surface area contributed by atoms with Gasteiger partial charge in [0, 0.05) is 44.5 Å². The maximum atomic E-state index is 14.9. The van der Waals surface area contributed by atoms with Crippen molar-refractivity contribution in [2.24, 2.45) is 17.3 Å². The molecule has 2 bridgehead atoms. The molecule has 4 heterocycles. The summed E-state index contributed by atoms with van der Waals surface area (Å²) in [6.07, 6.45) is 9.04. The number of hydrogen-bond acceptors (Lipinski definition) is 12. The Labute approximate surface area is 383 Å². The van der Waals surface area contributed by atoms with E-state index in [1.165, 1.54) is 11.0 Å². The van der Waals surface area contributed by atoms with Gasteiger partial charge in [0.15, 0.2) is 0 Å². The average molecular weight is 921 g/mol. The van der Waals surface area contributed by atoms with E-state index in [2.05, 4.69) is 26.8 Å². The predicted octanol–water partition coefficient (Wildman–Crippen LogP) is 5.17. The molecule has 16 nitrogen and oxygen atoms in total. The third-order valence-corrected chi connectivity index (χ3v) is 16.8. The number of benzene rings is 1. The number of carbonyl (C=O) groups excluding carboxylic acids is 4. The molecule has 17 heteroatoms. The van der Waals surface area contributed by atoms with Crippen molar-refractivity contribution in [2.45, 2.75) is 152 Å². The second kappa shape index (κ2) is 18.7. The van der Waals surface area contributed by atoms with E-state index in [0.29, 0.717) is 43.4 Å². The fourth-order valence-electron chi connectivity index (χ4n) is 9.82. The van der Waals surface area contributed by atoms with Crippen molar-refractivity contribution in [2.75, 3.05) is 39.9 Å². The Balaban J connectivity index is 1.10. The Morgan fingerprint density at radius 2 is 1.82 bits per heavy atom. The van der Waals surface area contributed by atoms with Gasteiger partial charge in [-0.3, -0.25) is 19.1 Å². The summed E-state index contributed by atoms with van der Waals surface area (Å²) in [5, 5.41) is 6.59. The lowest BCUT2D eigenvalue weighted by Crippen LogP contribution is -2.60. The van der Waals surface area contributed by atoms with Crippen LogP contribution in [-0.4, -0.2) is 128 Å². The van der Waals surface area contributed by atoms with Crippen molar-refractivity contribution in [3.8, 4) is 11.6 Å². The van der Waals surface area contributed by atoms with Crippen LogP contribution >= 0.6 is 0 Å². The number of aromatic nitrogens is 1. The lowest BCUT2D eigenvalue weighted by molar-refractivity contribution is -0.142. The Bertz CT molecular complexity index is 2250. The molecule has 3 saturated carbocycles. The fourth-order valence-corrected chi connectivity index (χ4v) is 11.1. The number of methoxy groups -OCH3 is 1. The van der Waals surface area contributed by atoms with Crippen LogP contribution in [0, 0.1) is 17.3 Å². The summed E-state index contributed by atoms with van der Waals surface area (Å²) < 4.78 is 52.6. The summed E-state index contributed by atoms with van der Waals surface area (Å²) in [5.74, 6) is -1.21. The van der Waals surface area contributed by atoms with Gasteiger partial charge in [-0.1, -0.05) is 51.8 Å². The van der Waals surface area contributed by atoms with Crippen LogP contribution in [0.2, 0.25) is 0 Å². The quantitative estimate of drug-likeness (QED) is 0.187. The number of alkyl carbamates (subject to hydrolysis) is 1. The minimum atomic E-state index is -4.02. The molecule has 2 aromatic rings. The van der Waals surface area contributed by atoms with Gasteiger partial charge >= 0.3 is 6.09 Å². The first-order valence-electron chi connectivity index (χ1n) is 23.7. The van der Waals surface area contributed by atoms with Gasteiger partial charge in [-0.05, 0) is 94.6 Å². The number of nitrogens with zero attached hydrogens (tertiary/aromatic N) is 3. The average Bonchev–Trinajstić information content (AvgIpc) is 4.23. The largest absolute Gasteiger partial charge is 0.492 e. The third-order valence-electron chi connectivity index (χ3n) is 14.6. The van der Waals surface area contributed by atoms with Crippen LogP contribution < -0.4 is 24.8 Å². The van der Waals surface area contributed by atoms with E-state index in [9.17, 15) is 27.6 Å². The van der Waals surface area contributed by atoms with E-state index in [-0.39, 0.29) is 31.4 Å². The number of sulfonamides is 1. The molecule has 1 aromatic carbocycles. The van der Waals surface area contributed by atoms with Crippen molar-refractivity contribution in [3.05, 3.63) is 42.5 Å². The summed E-state index contributed by atoms with van der Waals surface area (Å²) in [6, 6.07) is 5.57. The highest BCUT2D eigenvalue weighted by Gasteiger charge is 2.63. The van der Waals surface area contributed by atoms with Gasteiger partial charge in [-0.15, -0.1) is 6.58 Å². The standard InChI is InChI=1S/C48H68N6O10S/c1-7-31-28-48(31,44(57)52-65(59,60)47(5)20-21-47)51-41(55)37-27-33-29-54(37)43(56)40(46(2,3)4)50-45(58)64-38-26-30(38)14-9-8-10-16-35-39(34-15-11-12-17-36(34)49-42(35)63-33)62-25-13-22-53-23-18-32(61-6)19-24-53/h7,11-12,15,17,30-33,37-38,40H,1,8-10,13-14,16,18-29H2,2-6H3,(H,50,58)(H,51,55)(H,52,57)/t30-,31-,33-,37+,38-,40?,48?/m1/s1. The lowest BCUT2D eigenvalue weighted by atomic mass is 9.85. The zero-order chi connectivity index (χ0) is 46.3. The normalized spacial score (nSPS) is 29.7. The Kier molecular flexibility index (Phi) is 13.5. The van der Waals surface area contributed by atoms with E-state index >= 15 is 0 Å². The smallest absolute Gasteiger partial charge is 0.408 e. The molecule has 6 aliphatic rings. The number of fused-ring (bicyclic) bond motifs is 5. The van der Waals surface area contributed by atoms with E-state index in [1.54, 1.807) is 14.0 Å². The van der Waals surface area contributed by atoms with Crippen LogP contribution in [0.1, 0.15) is 110 Å². The van der Waals surface area contributed by atoms with Gasteiger partial charge in [-0.2, -0.15) is 0 Å². The first-order valence-corrected chi connectivity index (χ1v) is 25.2. The van der Waals surface area contributed by atoms with E-state index in [4.69, 9.17) is 23.9 Å². The molecule has 5 fully saturated rings. The van der Waals surface area contributed by atoms with Gasteiger partial charge in [0.25, 0.3) is 5.91 Å². The third kappa shape index (κ3) is 10.3. The van der Waals surface area contributed by atoms with Crippen LogP contribution in [0.5, 0.6) is 11.6 Å².